The molecule has 0 amide bonds. The normalized spacial score (nSPS) is 13.3. The zero-order valence-electron chi connectivity index (χ0n) is 13.3. The lowest BCUT2D eigenvalue weighted by Gasteiger charge is -2.20. The van der Waals surface area contributed by atoms with Crippen molar-refractivity contribution in [3.8, 4) is 0 Å². The van der Waals surface area contributed by atoms with E-state index in [-0.39, 0.29) is 5.56 Å². The summed E-state index contributed by atoms with van der Waals surface area (Å²) in [6, 6.07) is 16.2. The average molecular weight is 361 g/mol. The van der Waals surface area contributed by atoms with Crippen molar-refractivity contribution in [3.63, 3.8) is 0 Å². The maximum absolute atomic E-state index is 12.8. The Balaban J connectivity index is 1.66. The molecule has 0 atom stereocenters. The van der Waals surface area contributed by atoms with Gasteiger partial charge in [0, 0.05) is 10.8 Å². The van der Waals surface area contributed by atoms with Gasteiger partial charge in [-0.25, -0.2) is 9.78 Å². The summed E-state index contributed by atoms with van der Waals surface area (Å²) >= 11 is 1.28. The zero-order valence-corrected chi connectivity index (χ0v) is 14.1. The molecular formula is C19H11N3O3S. The van der Waals surface area contributed by atoms with E-state index in [9.17, 15) is 9.59 Å². The first-order valence-corrected chi connectivity index (χ1v) is 8.77. The van der Waals surface area contributed by atoms with Gasteiger partial charge in [0.2, 0.25) is 0 Å². The van der Waals surface area contributed by atoms with E-state index >= 15 is 0 Å². The van der Waals surface area contributed by atoms with Crippen LogP contribution in [0.5, 0.6) is 0 Å². The summed E-state index contributed by atoms with van der Waals surface area (Å²) in [5.74, 6) is 0. The standard InChI is InChI=1S/C19H11N3O3S/c23-17-12-6-2-3-7-14(12)20-19-22(17)21-15(10-26-19)13-9-11-5-1-4-8-16(11)25-18(13)24/h1-10,21H. The van der Waals surface area contributed by atoms with Gasteiger partial charge >= 0.3 is 5.63 Å². The molecule has 4 aromatic rings. The Labute approximate surface area is 150 Å². The number of nitrogens with one attached hydrogen (secondary N) is 1. The van der Waals surface area contributed by atoms with Crippen LogP contribution in [0.15, 0.2) is 79.2 Å². The third-order valence-corrected chi connectivity index (χ3v) is 5.03. The summed E-state index contributed by atoms with van der Waals surface area (Å²) in [7, 11) is 0. The Bertz CT molecular complexity index is 1340. The number of benzene rings is 2. The molecule has 0 radical (unpaired) electrons. The minimum Gasteiger partial charge on any atom is -0.422 e. The maximum atomic E-state index is 12.8. The first-order valence-electron chi connectivity index (χ1n) is 7.90. The van der Waals surface area contributed by atoms with Crippen LogP contribution in [-0.4, -0.2) is 9.66 Å². The van der Waals surface area contributed by atoms with E-state index in [1.807, 2.05) is 24.3 Å². The molecule has 0 bridgehead atoms. The molecule has 3 heterocycles. The van der Waals surface area contributed by atoms with E-state index in [0.717, 1.165) is 5.39 Å². The Morgan fingerprint density at radius 3 is 2.77 bits per heavy atom. The number of thioether (sulfide) groups is 1. The number of fused-ring (bicyclic) bond motifs is 3. The summed E-state index contributed by atoms with van der Waals surface area (Å²) in [6.45, 7) is 0. The Kier molecular flexibility index (Phi) is 3.23. The number of para-hydroxylation sites is 2. The predicted molar refractivity (Wildman–Crippen MR) is 102 cm³/mol. The summed E-state index contributed by atoms with van der Waals surface area (Å²) in [5, 5.41) is 3.60. The molecule has 7 heteroatoms. The molecule has 26 heavy (non-hydrogen) atoms. The van der Waals surface area contributed by atoms with Gasteiger partial charge in [0.25, 0.3) is 5.56 Å². The van der Waals surface area contributed by atoms with E-state index in [1.54, 1.807) is 35.7 Å². The molecule has 126 valence electrons. The van der Waals surface area contributed by atoms with E-state index in [1.165, 1.54) is 16.4 Å². The molecule has 1 aliphatic heterocycles. The lowest BCUT2D eigenvalue weighted by molar-refractivity contribution is 0.558. The van der Waals surface area contributed by atoms with Crippen LogP contribution in [0.1, 0.15) is 5.56 Å². The van der Waals surface area contributed by atoms with Gasteiger partial charge in [-0.05, 0) is 24.3 Å². The lowest BCUT2D eigenvalue weighted by atomic mass is 10.1. The predicted octanol–water partition coefficient (Wildman–Crippen LogP) is 3.15. The molecule has 2 aromatic carbocycles. The molecule has 0 fully saturated rings. The molecule has 0 saturated heterocycles. The monoisotopic (exact) mass is 361 g/mol. The molecule has 0 saturated carbocycles. The van der Waals surface area contributed by atoms with Crippen molar-refractivity contribution >= 4 is 39.3 Å². The van der Waals surface area contributed by atoms with Gasteiger partial charge < -0.3 is 4.42 Å². The van der Waals surface area contributed by atoms with Crippen molar-refractivity contribution in [2.24, 2.45) is 0 Å². The van der Waals surface area contributed by atoms with Gasteiger partial charge in [-0.3, -0.25) is 10.2 Å². The van der Waals surface area contributed by atoms with Crippen LogP contribution in [0.4, 0.5) is 0 Å². The SMILES string of the molecule is O=c1oc2ccccc2cc1C1=CSc2nc3ccccc3c(=O)n2N1. The second kappa shape index (κ2) is 5.60. The van der Waals surface area contributed by atoms with Crippen LogP contribution in [0.3, 0.4) is 0 Å². The fourth-order valence-electron chi connectivity index (χ4n) is 2.92. The second-order valence-corrected chi connectivity index (χ2v) is 6.64. The third kappa shape index (κ3) is 2.25. The smallest absolute Gasteiger partial charge is 0.345 e. The quantitative estimate of drug-likeness (QED) is 0.415. The topological polar surface area (TPSA) is 77.1 Å². The molecule has 1 N–H and O–H groups in total. The molecule has 0 aliphatic carbocycles. The van der Waals surface area contributed by atoms with Crippen molar-refractivity contribution < 1.29 is 4.42 Å². The highest BCUT2D eigenvalue weighted by Gasteiger charge is 2.19. The van der Waals surface area contributed by atoms with Crippen molar-refractivity contribution in [2.45, 2.75) is 5.16 Å². The van der Waals surface area contributed by atoms with E-state index < -0.39 is 5.63 Å². The van der Waals surface area contributed by atoms with Crippen molar-refractivity contribution in [1.82, 2.24) is 9.66 Å². The van der Waals surface area contributed by atoms with Gasteiger partial charge in [-0.15, -0.1) is 0 Å². The summed E-state index contributed by atoms with van der Waals surface area (Å²) in [5.41, 5.74) is 4.35. The van der Waals surface area contributed by atoms with Crippen molar-refractivity contribution in [1.29, 1.82) is 0 Å². The average Bonchev–Trinajstić information content (AvgIpc) is 2.67. The number of rotatable bonds is 1. The zero-order chi connectivity index (χ0) is 17.7. The van der Waals surface area contributed by atoms with Crippen LogP contribution >= 0.6 is 11.8 Å². The molecule has 6 nitrogen and oxygen atoms in total. The minimum atomic E-state index is -0.465. The van der Waals surface area contributed by atoms with Crippen molar-refractivity contribution in [2.75, 3.05) is 5.43 Å². The van der Waals surface area contributed by atoms with E-state index in [0.29, 0.717) is 32.9 Å². The molecule has 1 aliphatic rings. The molecule has 0 unspecified atom stereocenters. The number of hydrogen-bond acceptors (Lipinski definition) is 6. The van der Waals surface area contributed by atoms with Crippen LogP contribution in [0, 0.1) is 0 Å². The fraction of sp³-hybridized carbons (Fsp3) is 0. The van der Waals surface area contributed by atoms with Crippen LogP contribution in [0.2, 0.25) is 0 Å². The highest BCUT2D eigenvalue weighted by Crippen LogP contribution is 2.27. The first kappa shape index (κ1) is 15.0. The van der Waals surface area contributed by atoms with Gasteiger partial charge in [0.15, 0.2) is 5.16 Å². The second-order valence-electron chi connectivity index (χ2n) is 5.80. The highest BCUT2D eigenvalue weighted by atomic mass is 32.2. The highest BCUT2D eigenvalue weighted by molar-refractivity contribution is 8.02. The summed E-state index contributed by atoms with van der Waals surface area (Å²) in [6.07, 6.45) is 0. The largest absolute Gasteiger partial charge is 0.422 e. The summed E-state index contributed by atoms with van der Waals surface area (Å²) in [4.78, 5) is 29.6. The van der Waals surface area contributed by atoms with E-state index in [4.69, 9.17) is 4.42 Å². The molecular weight excluding hydrogens is 350 g/mol. The van der Waals surface area contributed by atoms with Gasteiger partial charge in [-0.2, -0.15) is 4.68 Å². The van der Waals surface area contributed by atoms with Gasteiger partial charge in [0.05, 0.1) is 22.2 Å². The fourth-order valence-corrected chi connectivity index (χ4v) is 3.71. The number of aromatic nitrogens is 2. The Morgan fingerprint density at radius 1 is 1.04 bits per heavy atom. The Morgan fingerprint density at radius 2 is 1.85 bits per heavy atom. The number of hydrogen-bond donors (Lipinski definition) is 1. The first-order chi connectivity index (χ1) is 12.7. The van der Waals surface area contributed by atoms with Crippen LogP contribution in [0.25, 0.3) is 27.6 Å². The van der Waals surface area contributed by atoms with Crippen LogP contribution < -0.4 is 16.6 Å². The third-order valence-electron chi connectivity index (χ3n) is 4.19. The van der Waals surface area contributed by atoms with Gasteiger partial charge in [-0.1, -0.05) is 42.1 Å². The molecule has 5 rings (SSSR count). The molecule has 0 spiro atoms. The molecule has 2 aromatic heterocycles. The van der Waals surface area contributed by atoms with Gasteiger partial charge in [0.1, 0.15) is 5.58 Å². The minimum absolute atomic E-state index is 0.214. The van der Waals surface area contributed by atoms with Crippen molar-refractivity contribution in [3.05, 3.63) is 86.3 Å². The Hall–Kier alpha value is -3.32. The summed E-state index contributed by atoms with van der Waals surface area (Å²) < 4.78 is 6.74. The lowest BCUT2D eigenvalue weighted by Crippen LogP contribution is -2.33. The van der Waals surface area contributed by atoms with E-state index in [2.05, 4.69) is 10.4 Å². The van der Waals surface area contributed by atoms with Crippen LogP contribution in [-0.2, 0) is 0 Å². The maximum Gasteiger partial charge on any atom is 0.345 e. The number of nitrogens with zero attached hydrogens (tertiary/aromatic N) is 2.